The van der Waals surface area contributed by atoms with Crippen LogP contribution < -0.4 is 10.1 Å². The number of Topliss-reactive ketones (excluding diaryl/α,β-unsaturated/α-hetero) is 1. The Morgan fingerprint density at radius 1 is 1.04 bits per heavy atom. The van der Waals surface area contributed by atoms with Crippen LogP contribution in [0.25, 0.3) is 0 Å². The maximum Gasteiger partial charge on any atom is 0.310 e. The minimum absolute atomic E-state index is 0.0331. The van der Waals surface area contributed by atoms with Gasteiger partial charge in [0.05, 0.1) is 13.5 Å². The van der Waals surface area contributed by atoms with Gasteiger partial charge in [0.25, 0.3) is 5.91 Å². The van der Waals surface area contributed by atoms with Crippen molar-refractivity contribution in [2.45, 2.75) is 13.3 Å². The van der Waals surface area contributed by atoms with Crippen LogP contribution in [0, 0.1) is 11.6 Å². The van der Waals surface area contributed by atoms with Crippen molar-refractivity contribution in [2.75, 3.05) is 19.0 Å². The normalized spacial score (nSPS) is 10.2. The third kappa shape index (κ3) is 5.60. The van der Waals surface area contributed by atoms with Gasteiger partial charge in [-0.2, -0.15) is 0 Å². The highest BCUT2D eigenvalue weighted by Crippen LogP contribution is 2.21. The summed E-state index contributed by atoms with van der Waals surface area (Å²) in [6, 6.07) is 7.51. The summed E-state index contributed by atoms with van der Waals surface area (Å²) in [4.78, 5) is 35.2. The molecule has 142 valence electrons. The summed E-state index contributed by atoms with van der Waals surface area (Å²) in [7, 11) is 1.42. The van der Waals surface area contributed by atoms with Gasteiger partial charge in [0.15, 0.2) is 24.0 Å². The van der Waals surface area contributed by atoms with E-state index in [0.29, 0.717) is 16.9 Å². The van der Waals surface area contributed by atoms with E-state index in [1.54, 1.807) is 12.1 Å². The Bertz CT molecular complexity index is 882. The second kappa shape index (κ2) is 8.88. The lowest BCUT2D eigenvalue weighted by molar-refractivity contribution is -0.146. The molecule has 0 radical (unpaired) electrons. The van der Waals surface area contributed by atoms with Crippen molar-refractivity contribution in [3.05, 3.63) is 59.2 Å². The highest BCUT2D eigenvalue weighted by atomic mass is 19.2. The second-order valence-corrected chi connectivity index (χ2v) is 5.60. The number of carbonyl (C=O) groups excluding carboxylic acids is 3. The minimum Gasteiger partial charge on any atom is -0.496 e. The van der Waals surface area contributed by atoms with Gasteiger partial charge in [-0.15, -0.1) is 0 Å². The van der Waals surface area contributed by atoms with E-state index in [1.165, 1.54) is 26.2 Å². The van der Waals surface area contributed by atoms with Crippen LogP contribution in [0.2, 0.25) is 0 Å². The van der Waals surface area contributed by atoms with Crippen molar-refractivity contribution in [2.24, 2.45) is 0 Å². The maximum absolute atomic E-state index is 13.1. The van der Waals surface area contributed by atoms with E-state index < -0.39 is 30.1 Å². The van der Waals surface area contributed by atoms with Gasteiger partial charge in [-0.05, 0) is 37.3 Å². The summed E-state index contributed by atoms with van der Waals surface area (Å²) < 4.78 is 36.0. The lowest BCUT2D eigenvalue weighted by atomic mass is 10.0. The quantitative estimate of drug-likeness (QED) is 0.593. The third-order valence-corrected chi connectivity index (χ3v) is 3.59. The number of hydrogen-bond acceptors (Lipinski definition) is 5. The summed E-state index contributed by atoms with van der Waals surface area (Å²) in [5, 5.41) is 2.28. The van der Waals surface area contributed by atoms with Crippen LogP contribution in [-0.2, 0) is 20.7 Å². The van der Waals surface area contributed by atoms with Crippen LogP contribution in [0.3, 0.4) is 0 Å². The fraction of sp³-hybridized carbons (Fsp3) is 0.211. The molecule has 0 aromatic heterocycles. The zero-order valence-corrected chi connectivity index (χ0v) is 14.7. The topological polar surface area (TPSA) is 81.7 Å². The molecule has 1 N–H and O–H groups in total. The van der Waals surface area contributed by atoms with Crippen LogP contribution in [0.15, 0.2) is 36.4 Å². The molecule has 0 fully saturated rings. The van der Waals surface area contributed by atoms with Crippen LogP contribution in [0.1, 0.15) is 22.8 Å². The zero-order chi connectivity index (χ0) is 20.0. The first-order valence-corrected chi connectivity index (χ1v) is 7.88. The molecule has 1 amide bonds. The molecule has 0 saturated heterocycles. The van der Waals surface area contributed by atoms with E-state index in [-0.39, 0.29) is 17.9 Å². The zero-order valence-electron chi connectivity index (χ0n) is 14.7. The number of halogens is 2. The molecule has 6 nitrogen and oxygen atoms in total. The molecule has 8 heteroatoms. The summed E-state index contributed by atoms with van der Waals surface area (Å²) in [5.41, 5.74) is 0.886. The standard InChI is InChI=1S/C19H17F2NO5/c1-11(23)12-3-6-17(26-2)13(7-12)8-19(25)27-10-18(24)22-14-4-5-15(20)16(21)9-14/h3-7,9H,8,10H2,1-2H3,(H,22,24). The number of hydrogen-bond donors (Lipinski definition) is 1. The van der Waals surface area contributed by atoms with E-state index >= 15 is 0 Å². The molecule has 0 aliphatic heterocycles. The van der Waals surface area contributed by atoms with Crippen molar-refractivity contribution in [3.8, 4) is 5.75 Å². The van der Waals surface area contributed by atoms with Crippen LogP contribution in [-0.4, -0.2) is 31.4 Å². The predicted octanol–water partition coefficient (Wildman–Crippen LogP) is 2.90. The number of esters is 1. The summed E-state index contributed by atoms with van der Waals surface area (Å²) in [5.74, 6) is -3.34. The molecule has 2 aromatic carbocycles. The molecule has 0 heterocycles. The highest BCUT2D eigenvalue weighted by Gasteiger charge is 2.14. The molecule has 2 aromatic rings. The molecule has 0 aliphatic rings. The largest absolute Gasteiger partial charge is 0.496 e. The molecular formula is C19H17F2NO5. The number of ketones is 1. The van der Waals surface area contributed by atoms with Crippen molar-refractivity contribution in [3.63, 3.8) is 0 Å². The number of methoxy groups -OCH3 is 1. The first-order valence-electron chi connectivity index (χ1n) is 7.88. The van der Waals surface area contributed by atoms with E-state index in [2.05, 4.69) is 5.32 Å². The molecule has 0 saturated carbocycles. The predicted molar refractivity (Wildman–Crippen MR) is 92.6 cm³/mol. The summed E-state index contributed by atoms with van der Waals surface area (Å²) in [6.45, 7) is 0.791. The Labute approximate surface area is 154 Å². The average molecular weight is 377 g/mol. The Morgan fingerprint density at radius 3 is 2.41 bits per heavy atom. The average Bonchev–Trinajstić information content (AvgIpc) is 2.63. The first kappa shape index (κ1) is 20.0. The van der Waals surface area contributed by atoms with E-state index in [1.807, 2.05) is 0 Å². The number of ether oxygens (including phenoxy) is 2. The Balaban J connectivity index is 1.93. The SMILES string of the molecule is COc1ccc(C(C)=O)cc1CC(=O)OCC(=O)Nc1ccc(F)c(F)c1. The Morgan fingerprint density at radius 2 is 1.78 bits per heavy atom. The lowest BCUT2D eigenvalue weighted by Crippen LogP contribution is -2.22. The van der Waals surface area contributed by atoms with Crippen molar-refractivity contribution in [1.29, 1.82) is 0 Å². The molecule has 0 aliphatic carbocycles. The molecule has 0 bridgehead atoms. The van der Waals surface area contributed by atoms with Gasteiger partial charge < -0.3 is 14.8 Å². The van der Waals surface area contributed by atoms with Gasteiger partial charge in [-0.25, -0.2) is 8.78 Å². The number of anilines is 1. The van der Waals surface area contributed by atoms with Gasteiger partial charge >= 0.3 is 5.97 Å². The third-order valence-electron chi connectivity index (χ3n) is 3.59. The molecule has 0 atom stereocenters. The van der Waals surface area contributed by atoms with E-state index in [9.17, 15) is 23.2 Å². The van der Waals surface area contributed by atoms with Gasteiger partial charge in [-0.1, -0.05) is 0 Å². The van der Waals surface area contributed by atoms with E-state index in [4.69, 9.17) is 9.47 Å². The maximum atomic E-state index is 13.1. The van der Waals surface area contributed by atoms with Crippen LogP contribution in [0.5, 0.6) is 5.75 Å². The highest BCUT2D eigenvalue weighted by molar-refractivity contribution is 5.95. The smallest absolute Gasteiger partial charge is 0.310 e. The van der Waals surface area contributed by atoms with Crippen molar-refractivity contribution >= 4 is 23.3 Å². The summed E-state index contributed by atoms with van der Waals surface area (Å²) in [6.07, 6.45) is -0.206. The Kier molecular flexibility index (Phi) is 6.59. The van der Waals surface area contributed by atoms with Crippen LogP contribution in [0.4, 0.5) is 14.5 Å². The molecular weight excluding hydrogens is 360 g/mol. The van der Waals surface area contributed by atoms with E-state index in [0.717, 1.165) is 12.1 Å². The second-order valence-electron chi connectivity index (χ2n) is 5.60. The monoisotopic (exact) mass is 377 g/mol. The molecule has 0 spiro atoms. The number of carbonyl (C=O) groups is 3. The van der Waals surface area contributed by atoms with Gasteiger partial charge in [0, 0.05) is 22.9 Å². The fourth-order valence-electron chi connectivity index (χ4n) is 2.26. The van der Waals surface area contributed by atoms with Gasteiger partial charge in [0.1, 0.15) is 5.75 Å². The lowest BCUT2D eigenvalue weighted by Gasteiger charge is -2.10. The van der Waals surface area contributed by atoms with Gasteiger partial charge in [-0.3, -0.25) is 14.4 Å². The molecule has 2 rings (SSSR count). The number of rotatable bonds is 7. The van der Waals surface area contributed by atoms with Gasteiger partial charge in [0.2, 0.25) is 0 Å². The fourth-order valence-corrected chi connectivity index (χ4v) is 2.26. The first-order chi connectivity index (χ1) is 12.8. The van der Waals surface area contributed by atoms with Crippen molar-refractivity contribution in [1.82, 2.24) is 0 Å². The molecule has 27 heavy (non-hydrogen) atoms. The Hall–Kier alpha value is -3.29. The van der Waals surface area contributed by atoms with Crippen LogP contribution >= 0.6 is 0 Å². The minimum atomic E-state index is -1.11. The number of nitrogens with one attached hydrogen (secondary N) is 1. The number of benzene rings is 2. The molecule has 0 unspecified atom stereocenters. The summed E-state index contributed by atoms with van der Waals surface area (Å²) >= 11 is 0. The van der Waals surface area contributed by atoms with Crippen molar-refractivity contribution < 1.29 is 32.6 Å². The number of amides is 1.